The van der Waals surface area contributed by atoms with Crippen LogP contribution in [0.5, 0.6) is 0 Å². The summed E-state index contributed by atoms with van der Waals surface area (Å²) in [6.45, 7) is 9.06. The molecule has 0 aliphatic rings. The third-order valence-electron chi connectivity index (χ3n) is 13.8. The van der Waals surface area contributed by atoms with Gasteiger partial charge < -0.3 is 14.2 Å². The van der Waals surface area contributed by atoms with Crippen molar-refractivity contribution in [2.75, 3.05) is 13.2 Å². The molecule has 0 rings (SSSR count). The fraction of sp³-hybridized carbons (Fsp3) is 0.950. The third-order valence-corrected chi connectivity index (χ3v) is 13.8. The predicted octanol–water partition coefficient (Wildman–Crippen LogP) is 19.8. The summed E-state index contributed by atoms with van der Waals surface area (Å²) in [6, 6.07) is 0. The molecule has 1 atom stereocenters. The van der Waals surface area contributed by atoms with Crippen LogP contribution >= 0.6 is 0 Å². The van der Waals surface area contributed by atoms with Crippen molar-refractivity contribution in [1.29, 1.82) is 0 Å². The molecule has 0 saturated heterocycles. The summed E-state index contributed by atoms with van der Waals surface area (Å²) in [5.74, 6) is 0.0220. The molecule has 0 radical (unpaired) electrons. The summed E-state index contributed by atoms with van der Waals surface area (Å²) in [5, 5.41) is 0. The van der Waals surface area contributed by atoms with Crippen molar-refractivity contribution in [3.05, 3.63) is 0 Å². The molecule has 0 amide bonds. The Balaban J connectivity index is 4.14. The smallest absolute Gasteiger partial charge is 0.306 e. The highest BCUT2D eigenvalue weighted by molar-refractivity contribution is 5.71. The first-order valence-electron chi connectivity index (χ1n) is 29.9. The molecule has 0 heterocycles. The van der Waals surface area contributed by atoms with E-state index >= 15 is 0 Å². The Morgan fingerprint density at radius 3 is 0.742 bits per heavy atom. The molecule has 0 unspecified atom stereocenters. The first-order valence-corrected chi connectivity index (χ1v) is 29.9. The Morgan fingerprint density at radius 2 is 0.500 bits per heavy atom. The second-order valence-electron chi connectivity index (χ2n) is 21.1. The lowest BCUT2D eigenvalue weighted by Gasteiger charge is -2.18. The molecule has 0 aromatic heterocycles. The molecule has 0 N–H and O–H groups in total. The number of ether oxygens (including phenoxy) is 3. The molecule has 66 heavy (non-hydrogen) atoms. The van der Waals surface area contributed by atoms with Crippen LogP contribution in [-0.2, 0) is 28.6 Å². The number of unbranched alkanes of at least 4 members (excludes halogenated alkanes) is 42. The van der Waals surface area contributed by atoms with Gasteiger partial charge in [0.1, 0.15) is 13.2 Å². The molecule has 0 aromatic rings. The topological polar surface area (TPSA) is 78.9 Å². The van der Waals surface area contributed by atoms with Crippen LogP contribution in [0.4, 0.5) is 0 Å². The Hall–Kier alpha value is -1.59. The Labute approximate surface area is 412 Å². The SMILES string of the molecule is CCCCCCCCCCCCCCCCCCCCC(=O)OC[C@@H](COC(=O)CCCCCCCCCCCCCCCCCCCCC(C)C)OC(=O)CCCCCCCCCCC. The zero-order chi connectivity index (χ0) is 48.1. The van der Waals surface area contributed by atoms with Gasteiger partial charge in [-0.25, -0.2) is 0 Å². The maximum atomic E-state index is 12.8. The quantitative estimate of drug-likeness (QED) is 0.0343. The lowest BCUT2D eigenvalue weighted by molar-refractivity contribution is -0.167. The average Bonchev–Trinajstić information content (AvgIpc) is 3.30. The molecule has 0 spiro atoms. The van der Waals surface area contributed by atoms with E-state index in [1.807, 2.05) is 0 Å². The summed E-state index contributed by atoms with van der Waals surface area (Å²) in [6.07, 6.45) is 59.7. The minimum Gasteiger partial charge on any atom is -0.462 e. The number of carbonyl (C=O) groups excluding carboxylic acids is 3. The van der Waals surface area contributed by atoms with Crippen LogP contribution in [-0.4, -0.2) is 37.2 Å². The average molecular weight is 934 g/mol. The summed E-state index contributed by atoms with van der Waals surface area (Å²) in [7, 11) is 0. The normalized spacial score (nSPS) is 12.0. The van der Waals surface area contributed by atoms with Crippen LogP contribution in [0, 0.1) is 5.92 Å². The summed E-state index contributed by atoms with van der Waals surface area (Å²) < 4.78 is 16.9. The predicted molar refractivity (Wildman–Crippen MR) is 284 cm³/mol. The summed E-state index contributed by atoms with van der Waals surface area (Å²) in [4.78, 5) is 38.1. The lowest BCUT2D eigenvalue weighted by Crippen LogP contribution is -2.30. The molecule has 392 valence electrons. The van der Waals surface area contributed by atoms with E-state index in [0.29, 0.717) is 19.3 Å². The molecule has 0 aliphatic heterocycles. The molecular formula is C60H116O6. The van der Waals surface area contributed by atoms with Gasteiger partial charge >= 0.3 is 17.9 Å². The third kappa shape index (κ3) is 53.4. The van der Waals surface area contributed by atoms with Crippen LogP contribution in [0.3, 0.4) is 0 Å². The van der Waals surface area contributed by atoms with Crippen LogP contribution in [0.2, 0.25) is 0 Å². The zero-order valence-corrected chi connectivity index (χ0v) is 45.2. The molecule has 6 nitrogen and oxygen atoms in total. The second kappa shape index (κ2) is 54.4. The van der Waals surface area contributed by atoms with Gasteiger partial charge in [0.25, 0.3) is 0 Å². The molecule has 0 saturated carbocycles. The van der Waals surface area contributed by atoms with Crippen LogP contribution < -0.4 is 0 Å². The summed E-state index contributed by atoms with van der Waals surface area (Å²) in [5.41, 5.74) is 0. The Morgan fingerprint density at radius 1 is 0.288 bits per heavy atom. The van der Waals surface area contributed by atoms with Crippen molar-refractivity contribution in [1.82, 2.24) is 0 Å². The first-order chi connectivity index (χ1) is 32.4. The molecule has 0 fully saturated rings. The number of rotatable bonds is 55. The van der Waals surface area contributed by atoms with Gasteiger partial charge in [0.05, 0.1) is 0 Å². The van der Waals surface area contributed by atoms with Gasteiger partial charge in [-0.1, -0.05) is 304 Å². The monoisotopic (exact) mass is 933 g/mol. The van der Waals surface area contributed by atoms with Crippen LogP contribution in [0.15, 0.2) is 0 Å². The van der Waals surface area contributed by atoms with E-state index in [1.54, 1.807) is 0 Å². The highest BCUT2D eigenvalue weighted by Gasteiger charge is 2.19. The van der Waals surface area contributed by atoms with Crippen molar-refractivity contribution >= 4 is 17.9 Å². The van der Waals surface area contributed by atoms with Gasteiger partial charge in [-0.3, -0.25) is 14.4 Å². The van der Waals surface area contributed by atoms with Crippen molar-refractivity contribution in [2.24, 2.45) is 5.92 Å². The van der Waals surface area contributed by atoms with Crippen LogP contribution in [0.25, 0.3) is 0 Å². The second-order valence-corrected chi connectivity index (χ2v) is 21.1. The van der Waals surface area contributed by atoms with Gasteiger partial charge in [0.2, 0.25) is 0 Å². The lowest BCUT2D eigenvalue weighted by atomic mass is 10.0. The number of carbonyl (C=O) groups is 3. The van der Waals surface area contributed by atoms with E-state index in [9.17, 15) is 14.4 Å². The molecule has 6 heteroatoms. The maximum absolute atomic E-state index is 12.8. The van der Waals surface area contributed by atoms with Crippen LogP contribution in [0.1, 0.15) is 342 Å². The van der Waals surface area contributed by atoms with Gasteiger partial charge in [-0.2, -0.15) is 0 Å². The van der Waals surface area contributed by atoms with Gasteiger partial charge in [0.15, 0.2) is 6.10 Å². The highest BCUT2D eigenvalue weighted by atomic mass is 16.6. The largest absolute Gasteiger partial charge is 0.462 e. The van der Waals surface area contributed by atoms with Crippen molar-refractivity contribution < 1.29 is 28.6 Å². The Bertz CT molecular complexity index is 996. The van der Waals surface area contributed by atoms with E-state index in [2.05, 4.69) is 27.7 Å². The summed E-state index contributed by atoms with van der Waals surface area (Å²) >= 11 is 0. The molecular weight excluding hydrogens is 817 g/mol. The molecule has 0 bridgehead atoms. The van der Waals surface area contributed by atoms with Gasteiger partial charge in [-0.05, 0) is 25.2 Å². The fourth-order valence-corrected chi connectivity index (χ4v) is 9.28. The van der Waals surface area contributed by atoms with E-state index in [0.717, 1.165) is 63.7 Å². The zero-order valence-electron chi connectivity index (χ0n) is 45.2. The minimum absolute atomic E-state index is 0.0620. The minimum atomic E-state index is -0.761. The van der Waals surface area contributed by atoms with E-state index in [1.165, 1.54) is 238 Å². The molecule has 0 aromatic carbocycles. The number of hydrogen-bond donors (Lipinski definition) is 0. The van der Waals surface area contributed by atoms with Gasteiger partial charge in [0, 0.05) is 19.3 Å². The van der Waals surface area contributed by atoms with E-state index in [-0.39, 0.29) is 31.1 Å². The maximum Gasteiger partial charge on any atom is 0.306 e. The van der Waals surface area contributed by atoms with Gasteiger partial charge in [-0.15, -0.1) is 0 Å². The first kappa shape index (κ1) is 64.4. The fourth-order valence-electron chi connectivity index (χ4n) is 9.28. The van der Waals surface area contributed by atoms with E-state index < -0.39 is 6.10 Å². The van der Waals surface area contributed by atoms with Crippen molar-refractivity contribution in [2.45, 2.75) is 348 Å². The number of esters is 3. The Kier molecular flexibility index (Phi) is 53.0. The van der Waals surface area contributed by atoms with Crippen molar-refractivity contribution in [3.8, 4) is 0 Å². The standard InChI is InChI=1S/C60H116O6/c1-5-7-9-11-13-15-16-17-18-19-23-26-29-32-36-39-43-47-51-58(61)64-54-57(66-60(63)53-49-45-41-34-14-12-10-8-6-2)55-65-59(62)52-48-44-40-37-33-30-27-24-21-20-22-25-28-31-35-38-42-46-50-56(3)4/h56-57H,5-55H2,1-4H3/t57-/m0/s1. The molecule has 0 aliphatic carbocycles. The van der Waals surface area contributed by atoms with E-state index in [4.69, 9.17) is 14.2 Å². The number of hydrogen-bond acceptors (Lipinski definition) is 6. The van der Waals surface area contributed by atoms with Crippen molar-refractivity contribution in [3.63, 3.8) is 0 Å². The highest BCUT2D eigenvalue weighted by Crippen LogP contribution is 2.18.